The standard InChI is InChI=1S/C18H25N3O3/c1-13-17(20-18(24-13)15-7-10-23-12-15)11-21-9-4-3-5-16(21)6-8-19-14(2)22/h7,10,12,16H,3-6,8-9,11H2,1-2H3,(H,19,22). The van der Waals surface area contributed by atoms with Crippen LogP contribution in [0.1, 0.15) is 44.1 Å². The van der Waals surface area contributed by atoms with Crippen molar-refractivity contribution in [2.24, 2.45) is 0 Å². The number of amides is 1. The van der Waals surface area contributed by atoms with Crippen LogP contribution >= 0.6 is 0 Å². The molecule has 1 aliphatic rings. The lowest BCUT2D eigenvalue weighted by atomic mass is 9.99. The molecule has 1 N–H and O–H groups in total. The summed E-state index contributed by atoms with van der Waals surface area (Å²) >= 11 is 0. The first-order valence-electron chi connectivity index (χ1n) is 8.61. The van der Waals surface area contributed by atoms with Gasteiger partial charge in [-0.25, -0.2) is 4.98 Å². The van der Waals surface area contributed by atoms with Crippen molar-refractivity contribution in [2.75, 3.05) is 13.1 Å². The highest BCUT2D eigenvalue weighted by molar-refractivity contribution is 5.72. The molecule has 24 heavy (non-hydrogen) atoms. The van der Waals surface area contributed by atoms with E-state index in [1.165, 1.54) is 19.3 Å². The second-order valence-electron chi connectivity index (χ2n) is 6.43. The van der Waals surface area contributed by atoms with Crippen molar-refractivity contribution in [3.63, 3.8) is 0 Å². The van der Waals surface area contributed by atoms with Crippen LogP contribution in [0.25, 0.3) is 11.5 Å². The van der Waals surface area contributed by atoms with Gasteiger partial charge in [0.2, 0.25) is 11.8 Å². The van der Waals surface area contributed by atoms with Crippen LogP contribution in [-0.2, 0) is 11.3 Å². The Morgan fingerprint density at radius 1 is 1.46 bits per heavy atom. The van der Waals surface area contributed by atoms with Gasteiger partial charge in [-0.2, -0.15) is 0 Å². The molecule has 0 bridgehead atoms. The van der Waals surface area contributed by atoms with E-state index in [0.717, 1.165) is 43.1 Å². The number of nitrogens with one attached hydrogen (secondary N) is 1. The third kappa shape index (κ3) is 4.06. The summed E-state index contributed by atoms with van der Waals surface area (Å²) in [5, 5.41) is 2.90. The van der Waals surface area contributed by atoms with Crippen molar-refractivity contribution < 1.29 is 13.6 Å². The Kier molecular flexibility index (Phi) is 5.35. The first kappa shape index (κ1) is 16.8. The average Bonchev–Trinajstić information content (AvgIpc) is 3.19. The predicted octanol–water partition coefficient (Wildman–Crippen LogP) is 3.12. The summed E-state index contributed by atoms with van der Waals surface area (Å²) in [6, 6.07) is 2.34. The minimum absolute atomic E-state index is 0.0365. The Morgan fingerprint density at radius 2 is 2.33 bits per heavy atom. The highest BCUT2D eigenvalue weighted by Crippen LogP contribution is 2.26. The molecule has 6 nitrogen and oxygen atoms in total. The molecule has 1 atom stereocenters. The van der Waals surface area contributed by atoms with Gasteiger partial charge in [-0.1, -0.05) is 6.42 Å². The number of furan rings is 1. The molecular weight excluding hydrogens is 306 g/mol. The van der Waals surface area contributed by atoms with Crippen molar-refractivity contribution >= 4 is 5.91 Å². The fourth-order valence-corrected chi connectivity index (χ4v) is 3.29. The van der Waals surface area contributed by atoms with E-state index in [2.05, 4.69) is 15.2 Å². The molecule has 3 rings (SSSR count). The molecule has 2 aromatic rings. The summed E-state index contributed by atoms with van der Waals surface area (Å²) in [7, 11) is 0. The van der Waals surface area contributed by atoms with E-state index in [1.54, 1.807) is 19.5 Å². The minimum atomic E-state index is 0.0365. The van der Waals surface area contributed by atoms with Gasteiger partial charge in [0.1, 0.15) is 12.0 Å². The van der Waals surface area contributed by atoms with Crippen LogP contribution in [0.4, 0.5) is 0 Å². The highest BCUT2D eigenvalue weighted by Gasteiger charge is 2.24. The SMILES string of the molecule is CC(=O)NCCC1CCCCN1Cc1nc(-c2ccoc2)oc1C. The number of rotatable bonds is 6. The number of likely N-dealkylation sites (tertiary alicyclic amines) is 1. The summed E-state index contributed by atoms with van der Waals surface area (Å²) in [6.45, 7) is 6.11. The zero-order valence-corrected chi connectivity index (χ0v) is 14.4. The third-order valence-electron chi connectivity index (χ3n) is 4.61. The summed E-state index contributed by atoms with van der Waals surface area (Å²) in [4.78, 5) is 18.2. The fraction of sp³-hybridized carbons (Fsp3) is 0.556. The van der Waals surface area contributed by atoms with Crippen molar-refractivity contribution in [3.8, 4) is 11.5 Å². The van der Waals surface area contributed by atoms with Crippen molar-refractivity contribution in [1.29, 1.82) is 0 Å². The Balaban J connectivity index is 1.65. The number of piperidine rings is 1. The summed E-state index contributed by atoms with van der Waals surface area (Å²) in [5.41, 5.74) is 1.85. The smallest absolute Gasteiger partial charge is 0.229 e. The Labute approximate surface area is 142 Å². The van der Waals surface area contributed by atoms with Gasteiger partial charge < -0.3 is 14.2 Å². The van der Waals surface area contributed by atoms with E-state index < -0.39 is 0 Å². The maximum atomic E-state index is 11.1. The number of oxazole rings is 1. The Morgan fingerprint density at radius 3 is 3.08 bits per heavy atom. The molecule has 2 aromatic heterocycles. The van der Waals surface area contributed by atoms with Crippen LogP contribution in [-0.4, -0.2) is 34.9 Å². The van der Waals surface area contributed by atoms with E-state index in [0.29, 0.717) is 11.9 Å². The Hall–Kier alpha value is -2.08. The molecule has 1 aliphatic heterocycles. The van der Waals surface area contributed by atoms with Gasteiger partial charge >= 0.3 is 0 Å². The molecule has 0 radical (unpaired) electrons. The summed E-state index contributed by atoms with van der Waals surface area (Å²) in [5.74, 6) is 1.51. The van der Waals surface area contributed by atoms with E-state index >= 15 is 0 Å². The second-order valence-corrected chi connectivity index (χ2v) is 6.43. The Bertz CT molecular complexity index is 663. The molecule has 0 saturated carbocycles. The number of aryl methyl sites for hydroxylation is 1. The average molecular weight is 331 g/mol. The molecule has 1 saturated heterocycles. The molecular formula is C18H25N3O3. The lowest BCUT2D eigenvalue weighted by molar-refractivity contribution is -0.119. The number of carbonyl (C=O) groups excluding carboxylic acids is 1. The van der Waals surface area contributed by atoms with Gasteiger partial charge in [-0.05, 0) is 38.8 Å². The number of aromatic nitrogens is 1. The monoisotopic (exact) mass is 331 g/mol. The molecule has 1 unspecified atom stereocenters. The number of hydrogen-bond donors (Lipinski definition) is 1. The van der Waals surface area contributed by atoms with Crippen LogP contribution < -0.4 is 5.32 Å². The maximum Gasteiger partial charge on any atom is 0.229 e. The molecule has 130 valence electrons. The van der Waals surface area contributed by atoms with Crippen LogP contribution in [0.2, 0.25) is 0 Å². The van der Waals surface area contributed by atoms with Gasteiger partial charge in [0, 0.05) is 26.1 Å². The highest BCUT2D eigenvalue weighted by atomic mass is 16.4. The number of carbonyl (C=O) groups is 1. The van der Waals surface area contributed by atoms with Crippen molar-refractivity contribution in [2.45, 2.75) is 52.1 Å². The molecule has 0 aromatic carbocycles. The van der Waals surface area contributed by atoms with Gasteiger partial charge in [-0.3, -0.25) is 9.69 Å². The topological polar surface area (TPSA) is 71.5 Å². The third-order valence-corrected chi connectivity index (χ3v) is 4.61. The van der Waals surface area contributed by atoms with E-state index in [4.69, 9.17) is 8.83 Å². The molecule has 0 aliphatic carbocycles. The number of nitrogens with zero attached hydrogens (tertiary/aromatic N) is 2. The first-order valence-corrected chi connectivity index (χ1v) is 8.61. The predicted molar refractivity (Wildman–Crippen MR) is 90.3 cm³/mol. The van der Waals surface area contributed by atoms with Crippen LogP contribution in [0.3, 0.4) is 0 Å². The number of hydrogen-bond acceptors (Lipinski definition) is 5. The summed E-state index contributed by atoms with van der Waals surface area (Å²) in [6.07, 6.45) is 7.88. The normalized spacial score (nSPS) is 18.7. The minimum Gasteiger partial charge on any atom is -0.472 e. The molecule has 1 amide bonds. The lowest BCUT2D eigenvalue weighted by Crippen LogP contribution is -2.41. The van der Waals surface area contributed by atoms with E-state index in [1.807, 2.05) is 13.0 Å². The first-order chi connectivity index (χ1) is 11.6. The lowest BCUT2D eigenvalue weighted by Gasteiger charge is -2.35. The largest absolute Gasteiger partial charge is 0.472 e. The molecule has 1 fully saturated rings. The van der Waals surface area contributed by atoms with Crippen molar-refractivity contribution in [3.05, 3.63) is 30.0 Å². The quantitative estimate of drug-likeness (QED) is 0.880. The fourth-order valence-electron chi connectivity index (χ4n) is 3.29. The zero-order chi connectivity index (χ0) is 16.9. The van der Waals surface area contributed by atoms with E-state index in [-0.39, 0.29) is 5.91 Å². The zero-order valence-electron chi connectivity index (χ0n) is 14.4. The van der Waals surface area contributed by atoms with Gasteiger partial charge in [0.05, 0.1) is 17.5 Å². The molecule has 3 heterocycles. The molecule has 0 spiro atoms. The van der Waals surface area contributed by atoms with Crippen molar-refractivity contribution in [1.82, 2.24) is 15.2 Å². The van der Waals surface area contributed by atoms with Gasteiger partial charge in [0.15, 0.2) is 0 Å². The van der Waals surface area contributed by atoms with Crippen LogP contribution in [0.15, 0.2) is 27.4 Å². The second kappa shape index (κ2) is 7.66. The van der Waals surface area contributed by atoms with Gasteiger partial charge in [-0.15, -0.1) is 0 Å². The van der Waals surface area contributed by atoms with Crippen LogP contribution in [0, 0.1) is 6.92 Å². The van der Waals surface area contributed by atoms with Crippen LogP contribution in [0.5, 0.6) is 0 Å². The van der Waals surface area contributed by atoms with E-state index in [9.17, 15) is 4.79 Å². The van der Waals surface area contributed by atoms with Gasteiger partial charge in [0.25, 0.3) is 0 Å². The summed E-state index contributed by atoms with van der Waals surface area (Å²) < 4.78 is 10.9. The maximum absolute atomic E-state index is 11.1. The molecule has 6 heteroatoms.